The van der Waals surface area contributed by atoms with Crippen LogP contribution in [0.15, 0.2) is 36.7 Å². The Hall–Kier alpha value is -3.55. The molecule has 4 aromatic rings. The number of aryl methyl sites for hydroxylation is 1. The van der Waals surface area contributed by atoms with Gasteiger partial charge in [0, 0.05) is 31.7 Å². The monoisotopic (exact) mass is 349 g/mol. The summed E-state index contributed by atoms with van der Waals surface area (Å²) in [6.07, 6.45) is 1.79. The molecule has 26 heavy (non-hydrogen) atoms. The van der Waals surface area contributed by atoms with Gasteiger partial charge in [-0.15, -0.1) is 0 Å². The number of nitrogens with one attached hydrogen (secondary N) is 3. The predicted octanol–water partition coefficient (Wildman–Crippen LogP) is 2.33. The minimum atomic E-state index is -0.539. The van der Waals surface area contributed by atoms with Crippen molar-refractivity contribution in [3.8, 4) is 11.3 Å². The van der Waals surface area contributed by atoms with Crippen molar-refractivity contribution >= 4 is 33.9 Å². The van der Waals surface area contributed by atoms with Crippen molar-refractivity contribution in [2.75, 3.05) is 12.4 Å². The quantitative estimate of drug-likeness (QED) is 0.453. The second kappa shape index (κ2) is 6.07. The standard InChI is InChI=1S/C18H19N7O/c1-20-17-14-15(25(2)9-22-14)12-7-13(23-16(12)24-17)11-5-3-4-10(6-11)8-21-18(19)26/h3-7,9H,8H2,1-2H3,(H3,19,21,26)(H2,20,23,24). The van der Waals surface area contributed by atoms with E-state index in [1.807, 2.05) is 42.9 Å². The fourth-order valence-corrected chi connectivity index (χ4v) is 3.17. The number of benzene rings is 1. The first-order chi connectivity index (χ1) is 12.6. The molecule has 1 aromatic carbocycles. The van der Waals surface area contributed by atoms with Crippen LogP contribution in [0.4, 0.5) is 10.6 Å². The van der Waals surface area contributed by atoms with Gasteiger partial charge in [0.1, 0.15) is 11.2 Å². The summed E-state index contributed by atoms with van der Waals surface area (Å²) in [5.74, 6) is 0.737. The third-order valence-electron chi connectivity index (χ3n) is 4.38. The van der Waals surface area contributed by atoms with E-state index in [9.17, 15) is 4.79 Å². The molecule has 0 fully saturated rings. The summed E-state index contributed by atoms with van der Waals surface area (Å²) in [6.45, 7) is 0.386. The molecule has 0 unspecified atom stereocenters. The number of H-pyrrole nitrogens is 1. The largest absolute Gasteiger partial charge is 0.371 e. The zero-order valence-electron chi connectivity index (χ0n) is 14.5. The number of amides is 2. The van der Waals surface area contributed by atoms with Crippen LogP contribution in [0.5, 0.6) is 0 Å². The summed E-state index contributed by atoms with van der Waals surface area (Å²) in [6, 6.07) is 9.46. The molecule has 0 spiro atoms. The number of urea groups is 1. The third-order valence-corrected chi connectivity index (χ3v) is 4.38. The highest BCUT2D eigenvalue weighted by Gasteiger charge is 2.15. The van der Waals surface area contributed by atoms with Gasteiger partial charge in [0.15, 0.2) is 5.82 Å². The van der Waals surface area contributed by atoms with Gasteiger partial charge in [-0.25, -0.2) is 14.8 Å². The zero-order valence-corrected chi connectivity index (χ0v) is 14.5. The van der Waals surface area contributed by atoms with E-state index in [2.05, 4.69) is 31.7 Å². The van der Waals surface area contributed by atoms with Crippen LogP contribution in [0.25, 0.3) is 33.3 Å². The van der Waals surface area contributed by atoms with Gasteiger partial charge in [-0.1, -0.05) is 18.2 Å². The number of aromatic nitrogens is 4. The Morgan fingerprint density at radius 2 is 2.19 bits per heavy atom. The van der Waals surface area contributed by atoms with Gasteiger partial charge in [-0.3, -0.25) is 0 Å². The number of rotatable bonds is 4. The molecule has 0 radical (unpaired) electrons. The summed E-state index contributed by atoms with van der Waals surface area (Å²) in [4.78, 5) is 23.4. The smallest absolute Gasteiger partial charge is 0.312 e. The normalized spacial score (nSPS) is 11.2. The summed E-state index contributed by atoms with van der Waals surface area (Å²) in [5.41, 5.74) is 10.7. The fraction of sp³-hybridized carbons (Fsp3) is 0.167. The molecule has 0 aliphatic rings. The second-order valence-electron chi connectivity index (χ2n) is 6.13. The molecular formula is C18H19N7O. The molecule has 0 aliphatic carbocycles. The van der Waals surface area contributed by atoms with Gasteiger partial charge >= 0.3 is 6.03 Å². The van der Waals surface area contributed by atoms with Gasteiger partial charge in [-0.2, -0.15) is 0 Å². The highest BCUT2D eigenvalue weighted by atomic mass is 16.2. The number of hydrogen-bond acceptors (Lipinski definition) is 4. The van der Waals surface area contributed by atoms with Gasteiger partial charge < -0.3 is 25.9 Å². The van der Waals surface area contributed by atoms with Crippen LogP contribution in [-0.2, 0) is 13.6 Å². The Kier molecular flexibility index (Phi) is 3.72. The number of imidazole rings is 1. The lowest BCUT2D eigenvalue weighted by atomic mass is 10.1. The van der Waals surface area contributed by atoms with E-state index in [0.717, 1.165) is 44.7 Å². The van der Waals surface area contributed by atoms with Crippen molar-refractivity contribution in [2.24, 2.45) is 12.8 Å². The number of nitrogens with two attached hydrogens (primary N) is 1. The van der Waals surface area contributed by atoms with Crippen molar-refractivity contribution in [3.05, 3.63) is 42.2 Å². The highest BCUT2D eigenvalue weighted by molar-refractivity contribution is 6.07. The Morgan fingerprint density at radius 3 is 2.96 bits per heavy atom. The Labute approximate surface area is 149 Å². The van der Waals surface area contributed by atoms with Crippen molar-refractivity contribution in [1.29, 1.82) is 0 Å². The lowest BCUT2D eigenvalue weighted by Crippen LogP contribution is -2.28. The number of carbonyl (C=O) groups is 1. The van der Waals surface area contributed by atoms with Gasteiger partial charge in [0.25, 0.3) is 0 Å². The molecule has 0 saturated heterocycles. The molecular weight excluding hydrogens is 330 g/mol. The number of hydrogen-bond donors (Lipinski definition) is 4. The van der Waals surface area contributed by atoms with Crippen molar-refractivity contribution < 1.29 is 4.79 Å². The predicted molar refractivity (Wildman–Crippen MR) is 102 cm³/mol. The number of carbonyl (C=O) groups excluding carboxylic acids is 1. The Balaban J connectivity index is 1.83. The van der Waals surface area contributed by atoms with E-state index in [4.69, 9.17) is 5.73 Å². The van der Waals surface area contributed by atoms with Crippen LogP contribution < -0.4 is 16.4 Å². The minimum absolute atomic E-state index is 0.386. The van der Waals surface area contributed by atoms with Crippen molar-refractivity contribution in [1.82, 2.24) is 24.8 Å². The number of aromatic amines is 1. The summed E-state index contributed by atoms with van der Waals surface area (Å²) in [5, 5.41) is 6.72. The molecule has 132 valence electrons. The second-order valence-corrected chi connectivity index (χ2v) is 6.13. The van der Waals surface area contributed by atoms with E-state index in [-0.39, 0.29) is 0 Å². The molecule has 0 atom stereocenters. The lowest BCUT2D eigenvalue weighted by Gasteiger charge is -2.04. The molecule has 0 bridgehead atoms. The first kappa shape index (κ1) is 15.9. The topological polar surface area (TPSA) is 114 Å². The molecule has 5 N–H and O–H groups in total. The first-order valence-corrected chi connectivity index (χ1v) is 8.21. The molecule has 8 nitrogen and oxygen atoms in total. The average molecular weight is 349 g/mol. The lowest BCUT2D eigenvalue weighted by molar-refractivity contribution is 0.248. The van der Waals surface area contributed by atoms with E-state index in [0.29, 0.717) is 6.54 Å². The summed E-state index contributed by atoms with van der Waals surface area (Å²) in [7, 11) is 3.80. The maximum Gasteiger partial charge on any atom is 0.312 e. The van der Waals surface area contributed by atoms with Crippen LogP contribution >= 0.6 is 0 Å². The third kappa shape index (κ3) is 2.61. The Morgan fingerprint density at radius 1 is 1.35 bits per heavy atom. The van der Waals surface area contributed by atoms with Crippen LogP contribution in [0.2, 0.25) is 0 Å². The molecule has 0 aliphatic heterocycles. The molecule has 3 heterocycles. The average Bonchev–Trinajstić information content (AvgIpc) is 3.23. The maximum absolute atomic E-state index is 10.9. The SMILES string of the molecule is CNc1nc2[nH]c(-c3cccc(CNC(N)=O)c3)cc2c2c1ncn2C. The van der Waals surface area contributed by atoms with Gasteiger partial charge in [-0.05, 0) is 23.3 Å². The zero-order chi connectivity index (χ0) is 18.3. The number of pyridine rings is 1. The fourth-order valence-electron chi connectivity index (χ4n) is 3.17. The van der Waals surface area contributed by atoms with Crippen LogP contribution in [0.3, 0.4) is 0 Å². The molecule has 8 heteroatoms. The van der Waals surface area contributed by atoms with Gasteiger partial charge in [0.2, 0.25) is 0 Å². The van der Waals surface area contributed by atoms with Crippen LogP contribution in [0.1, 0.15) is 5.56 Å². The number of fused-ring (bicyclic) bond motifs is 3. The van der Waals surface area contributed by atoms with Gasteiger partial charge in [0.05, 0.1) is 11.8 Å². The number of primary amides is 1. The van der Waals surface area contributed by atoms with E-state index < -0.39 is 6.03 Å². The number of anilines is 1. The molecule has 2 amide bonds. The summed E-state index contributed by atoms with van der Waals surface area (Å²) >= 11 is 0. The van der Waals surface area contributed by atoms with Crippen LogP contribution in [-0.4, -0.2) is 32.6 Å². The highest BCUT2D eigenvalue weighted by Crippen LogP contribution is 2.31. The van der Waals surface area contributed by atoms with E-state index >= 15 is 0 Å². The number of nitrogens with zero attached hydrogens (tertiary/aromatic N) is 3. The molecule has 3 aromatic heterocycles. The minimum Gasteiger partial charge on any atom is -0.371 e. The first-order valence-electron chi connectivity index (χ1n) is 8.21. The summed E-state index contributed by atoms with van der Waals surface area (Å²) < 4.78 is 1.99. The molecule has 0 saturated carbocycles. The van der Waals surface area contributed by atoms with Crippen molar-refractivity contribution in [2.45, 2.75) is 6.54 Å². The van der Waals surface area contributed by atoms with Crippen LogP contribution in [0, 0.1) is 0 Å². The maximum atomic E-state index is 10.9. The Bertz CT molecular complexity index is 1130. The molecule has 4 rings (SSSR count). The van der Waals surface area contributed by atoms with Crippen molar-refractivity contribution in [3.63, 3.8) is 0 Å². The van der Waals surface area contributed by atoms with E-state index in [1.54, 1.807) is 6.33 Å². The van der Waals surface area contributed by atoms with E-state index in [1.165, 1.54) is 0 Å².